The molecule has 1 aliphatic heterocycles. The van der Waals surface area contributed by atoms with Crippen LogP contribution in [0.25, 0.3) is 0 Å². The van der Waals surface area contributed by atoms with E-state index in [9.17, 15) is 0 Å². The molecule has 0 amide bonds. The van der Waals surface area contributed by atoms with Crippen LogP contribution in [0, 0.1) is 11.8 Å². The van der Waals surface area contributed by atoms with Crippen LogP contribution in [-0.4, -0.2) is 6.10 Å². The van der Waals surface area contributed by atoms with Crippen LogP contribution >= 0.6 is 0 Å². The van der Waals surface area contributed by atoms with E-state index in [0.717, 1.165) is 6.54 Å². The molecule has 2 nitrogen and oxygen atoms in total. The molecule has 0 spiro atoms. The van der Waals surface area contributed by atoms with E-state index in [-0.39, 0.29) is 6.10 Å². The highest BCUT2D eigenvalue weighted by molar-refractivity contribution is 5.25. The van der Waals surface area contributed by atoms with Gasteiger partial charge in [-0.1, -0.05) is 54.8 Å². The van der Waals surface area contributed by atoms with Crippen LogP contribution in [-0.2, 0) is 11.3 Å². The summed E-state index contributed by atoms with van der Waals surface area (Å²) >= 11 is 0. The van der Waals surface area contributed by atoms with Crippen LogP contribution in [0.1, 0.15) is 62.2 Å². The van der Waals surface area contributed by atoms with Crippen LogP contribution < -0.4 is 4.57 Å². The summed E-state index contributed by atoms with van der Waals surface area (Å²) in [6.07, 6.45) is 16.9. The fraction of sp³-hybridized carbons (Fsp3) is 0.480. The summed E-state index contributed by atoms with van der Waals surface area (Å²) in [7, 11) is 0. The summed E-state index contributed by atoms with van der Waals surface area (Å²) in [6, 6.07) is 15.2. The normalized spacial score (nSPS) is 30.1. The van der Waals surface area contributed by atoms with Gasteiger partial charge in [0, 0.05) is 29.0 Å². The van der Waals surface area contributed by atoms with Gasteiger partial charge in [-0.3, -0.25) is 0 Å². The molecule has 2 aromatic rings. The van der Waals surface area contributed by atoms with Gasteiger partial charge in [0.05, 0.1) is 12.2 Å². The maximum Gasteiger partial charge on any atom is 0.174 e. The lowest BCUT2D eigenvalue weighted by molar-refractivity contribution is -0.689. The number of benzene rings is 1. The molecule has 2 heteroatoms. The lowest BCUT2D eigenvalue weighted by Gasteiger charge is -2.47. The maximum absolute atomic E-state index is 6.80. The van der Waals surface area contributed by atoms with E-state index >= 15 is 0 Å². The van der Waals surface area contributed by atoms with Gasteiger partial charge in [0.2, 0.25) is 0 Å². The monoisotopic (exact) mass is 360 g/mol. The molecule has 140 valence electrons. The van der Waals surface area contributed by atoms with Gasteiger partial charge >= 0.3 is 0 Å². The van der Waals surface area contributed by atoms with Crippen LogP contribution in [0.4, 0.5) is 0 Å². The first kappa shape index (κ1) is 17.2. The molecule has 1 saturated heterocycles. The Kier molecular flexibility index (Phi) is 4.83. The highest BCUT2D eigenvalue weighted by atomic mass is 16.5. The maximum atomic E-state index is 6.80. The van der Waals surface area contributed by atoms with Crippen molar-refractivity contribution in [3.8, 4) is 0 Å². The molecule has 0 radical (unpaired) electrons. The quantitative estimate of drug-likeness (QED) is 0.529. The number of allylic oxidation sites excluding steroid dienone is 1. The van der Waals surface area contributed by atoms with E-state index in [1.807, 2.05) is 0 Å². The molecular formula is C25H30NO+. The number of fused-ring (bicyclic) bond motifs is 3. The molecule has 27 heavy (non-hydrogen) atoms. The molecule has 0 unspecified atom stereocenters. The van der Waals surface area contributed by atoms with Crippen molar-refractivity contribution in [3.63, 3.8) is 0 Å². The molecule has 1 saturated carbocycles. The second-order valence-electron chi connectivity index (χ2n) is 8.52. The number of nitrogens with zero attached hydrogens (tertiary/aromatic N) is 1. The fourth-order valence-electron chi connectivity index (χ4n) is 5.52. The standard InChI is InChI=1S/C25H30NO/c1-2-9-19(10-3-1)17-26-16-8-11-20(18-26)25-23-14-5-4-12-21(23)22-13-6-7-15-24(22)27-25/h1-3,8-12,16,18,22-25H,4-7,13-15,17H2/q+1/t22-,23-,24-,25+/m0/s1. The number of hydrogen-bond donors (Lipinski definition) is 0. The highest BCUT2D eigenvalue weighted by Crippen LogP contribution is 2.50. The van der Waals surface area contributed by atoms with Crippen LogP contribution in [0.15, 0.2) is 66.5 Å². The number of ether oxygens (including phenoxy) is 1. The molecule has 0 bridgehead atoms. The predicted octanol–water partition coefficient (Wildman–Crippen LogP) is 5.38. The summed E-state index contributed by atoms with van der Waals surface area (Å²) in [4.78, 5) is 0. The van der Waals surface area contributed by atoms with Gasteiger partial charge in [-0.05, 0) is 38.2 Å². The topological polar surface area (TPSA) is 13.1 Å². The van der Waals surface area contributed by atoms with E-state index in [1.54, 1.807) is 5.57 Å². The molecule has 1 aromatic heterocycles. The first-order valence-corrected chi connectivity index (χ1v) is 10.8. The zero-order chi connectivity index (χ0) is 18.1. The third-order valence-electron chi connectivity index (χ3n) is 6.76. The lowest BCUT2D eigenvalue weighted by atomic mass is 9.68. The Morgan fingerprint density at radius 2 is 1.74 bits per heavy atom. The molecule has 2 heterocycles. The minimum Gasteiger partial charge on any atom is -0.369 e. The second-order valence-corrected chi connectivity index (χ2v) is 8.52. The zero-order valence-corrected chi connectivity index (χ0v) is 16.1. The minimum absolute atomic E-state index is 0.235. The van der Waals surface area contributed by atoms with E-state index < -0.39 is 0 Å². The number of aromatic nitrogens is 1. The Morgan fingerprint density at radius 3 is 2.67 bits per heavy atom. The smallest absolute Gasteiger partial charge is 0.174 e. The van der Waals surface area contributed by atoms with Gasteiger partial charge in [0.25, 0.3) is 0 Å². The fourth-order valence-corrected chi connectivity index (χ4v) is 5.52. The lowest BCUT2D eigenvalue weighted by Crippen LogP contribution is -2.42. The Hall–Kier alpha value is -1.93. The van der Waals surface area contributed by atoms with E-state index in [1.165, 1.54) is 56.1 Å². The SMILES string of the molecule is C1=C2[C@@H]3CCCC[C@@H]3O[C@H](c3ccc[n+](Cc4ccccc4)c3)[C@H]2CCC1. The Bertz CT molecular complexity index is 812. The van der Waals surface area contributed by atoms with Crippen molar-refractivity contribution in [2.45, 2.75) is 63.7 Å². The molecule has 2 fully saturated rings. The van der Waals surface area contributed by atoms with Gasteiger partial charge < -0.3 is 4.74 Å². The van der Waals surface area contributed by atoms with Crippen LogP contribution in [0.2, 0.25) is 0 Å². The van der Waals surface area contributed by atoms with E-state index in [4.69, 9.17) is 4.74 Å². The molecule has 0 N–H and O–H groups in total. The van der Waals surface area contributed by atoms with Crippen LogP contribution in [0.5, 0.6) is 0 Å². The van der Waals surface area contributed by atoms with Gasteiger partial charge in [-0.15, -0.1) is 0 Å². The summed E-state index contributed by atoms with van der Waals surface area (Å²) in [5.74, 6) is 1.28. The van der Waals surface area contributed by atoms with Gasteiger partial charge in [-0.2, -0.15) is 0 Å². The summed E-state index contributed by atoms with van der Waals surface area (Å²) in [6.45, 7) is 0.917. The number of hydrogen-bond acceptors (Lipinski definition) is 1. The van der Waals surface area contributed by atoms with E-state index in [2.05, 4.69) is 65.5 Å². The van der Waals surface area contributed by atoms with Crippen LogP contribution in [0.3, 0.4) is 0 Å². The third-order valence-corrected chi connectivity index (χ3v) is 6.76. The van der Waals surface area contributed by atoms with Gasteiger partial charge in [-0.25, -0.2) is 4.57 Å². The molecule has 5 rings (SSSR count). The second kappa shape index (κ2) is 7.59. The molecule has 1 aromatic carbocycles. The van der Waals surface area contributed by atoms with Crippen molar-refractivity contribution >= 4 is 0 Å². The van der Waals surface area contributed by atoms with Crippen molar-refractivity contribution in [3.05, 3.63) is 77.6 Å². The van der Waals surface area contributed by atoms with Gasteiger partial charge in [0.15, 0.2) is 18.9 Å². The number of rotatable bonds is 3. The predicted molar refractivity (Wildman–Crippen MR) is 107 cm³/mol. The third kappa shape index (κ3) is 3.48. The molecule has 2 aliphatic carbocycles. The number of pyridine rings is 1. The van der Waals surface area contributed by atoms with Crippen molar-refractivity contribution in [2.24, 2.45) is 11.8 Å². The highest BCUT2D eigenvalue weighted by Gasteiger charge is 2.44. The summed E-state index contributed by atoms with van der Waals surface area (Å²) in [5, 5.41) is 0. The largest absolute Gasteiger partial charge is 0.369 e. The summed E-state index contributed by atoms with van der Waals surface area (Å²) < 4.78 is 9.11. The Labute approximate surface area is 162 Å². The van der Waals surface area contributed by atoms with Crippen molar-refractivity contribution in [1.82, 2.24) is 0 Å². The minimum atomic E-state index is 0.235. The van der Waals surface area contributed by atoms with Crippen molar-refractivity contribution in [1.29, 1.82) is 0 Å². The summed E-state index contributed by atoms with van der Waals surface area (Å²) in [5.41, 5.74) is 4.44. The molecular weight excluding hydrogens is 330 g/mol. The van der Waals surface area contributed by atoms with Crippen molar-refractivity contribution in [2.75, 3.05) is 0 Å². The van der Waals surface area contributed by atoms with Gasteiger partial charge in [0.1, 0.15) is 0 Å². The van der Waals surface area contributed by atoms with Crippen molar-refractivity contribution < 1.29 is 9.30 Å². The Balaban J connectivity index is 1.44. The first-order chi connectivity index (χ1) is 13.4. The Morgan fingerprint density at radius 1 is 0.889 bits per heavy atom. The molecule has 3 aliphatic rings. The zero-order valence-electron chi connectivity index (χ0n) is 16.1. The average Bonchev–Trinajstić information content (AvgIpc) is 2.74. The first-order valence-electron chi connectivity index (χ1n) is 10.8. The van der Waals surface area contributed by atoms with E-state index in [0.29, 0.717) is 17.9 Å². The average molecular weight is 361 g/mol. The molecule has 4 atom stereocenters.